The molecule has 1 aliphatic heterocycles. The second-order valence-electron chi connectivity index (χ2n) is 5.69. The van der Waals surface area contributed by atoms with E-state index in [0.717, 1.165) is 55.7 Å². The molecule has 0 unspecified atom stereocenters. The van der Waals surface area contributed by atoms with Crippen LogP contribution in [-0.2, 0) is 11.3 Å². The van der Waals surface area contributed by atoms with Gasteiger partial charge in [-0.3, -0.25) is 4.99 Å². The van der Waals surface area contributed by atoms with Crippen LogP contribution >= 0.6 is 24.0 Å². The third kappa shape index (κ3) is 7.66. The number of aliphatic imine (C=N–C) groups is 1. The van der Waals surface area contributed by atoms with E-state index in [1.165, 1.54) is 0 Å². The number of nitrogens with one attached hydrogen (secondary N) is 2. The van der Waals surface area contributed by atoms with Gasteiger partial charge in [0.2, 0.25) is 6.79 Å². The number of methoxy groups -OCH3 is 1. The van der Waals surface area contributed by atoms with Crippen LogP contribution in [0.25, 0.3) is 0 Å². The number of hydrogen-bond donors (Lipinski definition) is 2. The minimum Gasteiger partial charge on any atom is -0.454 e. The van der Waals surface area contributed by atoms with Crippen LogP contribution in [0.3, 0.4) is 0 Å². The summed E-state index contributed by atoms with van der Waals surface area (Å²) >= 11 is 0. The Kier molecular flexibility index (Phi) is 10.6. The normalized spacial score (nSPS) is 12.9. The Morgan fingerprint density at radius 3 is 2.80 bits per heavy atom. The third-order valence-corrected chi connectivity index (χ3v) is 3.79. The minimum atomic E-state index is 0. The monoisotopic (exact) mass is 464 g/mol. The van der Waals surface area contributed by atoms with E-state index in [1.807, 2.05) is 18.2 Å². The lowest BCUT2D eigenvalue weighted by Crippen LogP contribution is -2.40. The number of likely N-dealkylation sites (N-methyl/N-ethyl adjacent to an activating group) is 1. The Balaban J connectivity index is 0.00000312. The van der Waals surface area contributed by atoms with Gasteiger partial charge in [-0.05, 0) is 31.2 Å². The summed E-state index contributed by atoms with van der Waals surface area (Å²) < 4.78 is 15.8. The number of guanidine groups is 1. The van der Waals surface area contributed by atoms with Crippen LogP contribution in [0, 0.1) is 0 Å². The molecule has 0 saturated carbocycles. The van der Waals surface area contributed by atoms with E-state index in [0.29, 0.717) is 13.3 Å². The van der Waals surface area contributed by atoms with Crippen LogP contribution in [0.2, 0.25) is 0 Å². The molecule has 1 aliphatic rings. The van der Waals surface area contributed by atoms with E-state index < -0.39 is 0 Å². The molecule has 0 fully saturated rings. The molecular formula is C17H29IN4O3. The summed E-state index contributed by atoms with van der Waals surface area (Å²) in [5.74, 6) is 2.39. The van der Waals surface area contributed by atoms with Gasteiger partial charge >= 0.3 is 0 Å². The maximum absolute atomic E-state index is 5.39. The first-order valence-electron chi connectivity index (χ1n) is 8.23. The van der Waals surface area contributed by atoms with Gasteiger partial charge in [0.25, 0.3) is 0 Å². The fourth-order valence-corrected chi connectivity index (χ4v) is 2.41. The Bertz CT molecular complexity index is 543. The molecular weight excluding hydrogens is 435 g/mol. The molecule has 1 aromatic carbocycles. The van der Waals surface area contributed by atoms with Gasteiger partial charge in [0.15, 0.2) is 17.5 Å². The molecule has 0 amide bonds. The largest absolute Gasteiger partial charge is 0.454 e. The van der Waals surface area contributed by atoms with Crippen molar-refractivity contribution in [3.63, 3.8) is 0 Å². The number of fused-ring (bicyclic) bond motifs is 1. The highest BCUT2D eigenvalue weighted by Gasteiger charge is 2.13. The van der Waals surface area contributed by atoms with E-state index in [1.54, 1.807) is 14.2 Å². The number of halogens is 1. The standard InChI is InChI=1S/C17H28N4O3.HI/c1-18-17(19-7-9-21(2)8-4-10-22-3)20-12-14-5-6-15-16(11-14)24-13-23-15;/h5-6,11H,4,7-10,12-13H2,1-3H3,(H2,18,19,20);1H. The van der Waals surface area contributed by atoms with E-state index in [4.69, 9.17) is 14.2 Å². The molecule has 0 atom stereocenters. The quantitative estimate of drug-likeness (QED) is 0.251. The van der Waals surface area contributed by atoms with Gasteiger partial charge in [-0.25, -0.2) is 0 Å². The van der Waals surface area contributed by atoms with Crippen LogP contribution in [-0.4, -0.2) is 65.1 Å². The number of benzene rings is 1. The molecule has 1 aromatic rings. The highest BCUT2D eigenvalue weighted by molar-refractivity contribution is 14.0. The molecule has 2 rings (SSSR count). The van der Waals surface area contributed by atoms with Crippen LogP contribution in [0.5, 0.6) is 11.5 Å². The lowest BCUT2D eigenvalue weighted by molar-refractivity contribution is 0.174. The fraction of sp³-hybridized carbons (Fsp3) is 0.588. The van der Waals surface area contributed by atoms with E-state index in [-0.39, 0.29) is 24.0 Å². The van der Waals surface area contributed by atoms with Gasteiger partial charge in [-0.1, -0.05) is 6.07 Å². The maximum atomic E-state index is 5.39. The van der Waals surface area contributed by atoms with E-state index in [9.17, 15) is 0 Å². The summed E-state index contributed by atoms with van der Waals surface area (Å²) in [6.07, 6.45) is 1.05. The molecule has 1 heterocycles. The van der Waals surface area contributed by atoms with Crippen LogP contribution in [0.4, 0.5) is 0 Å². The van der Waals surface area contributed by atoms with Gasteiger partial charge < -0.3 is 29.7 Å². The molecule has 2 N–H and O–H groups in total. The van der Waals surface area contributed by atoms with Crippen molar-refractivity contribution >= 4 is 29.9 Å². The predicted molar refractivity (Wildman–Crippen MR) is 110 cm³/mol. The number of nitrogens with zero attached hydrogens (tertiary/aromatic N) is 2. The van der Waals surface area contributed by atoms with Crippen molar-refractivity contribution in [3.8, 4) is 11.5 Å². The molecule has 0 spiro atoms. The topological polar surface area (TPSA) is 67.4 Å². The molecule has 0 bridgehead atoms. The summed E-state index contributed by atoms with van der Waals surface area (Å²) in [7, 11) is 5.62. The average molecular weight is 464 g/mol. The Morgan fingerprint density at radius 2 is 2.04 bits per heavy atom. The lowest BCUT2D eigenvalue weighted by atomic mass is 10.2. The summed E-state index contributed by atoms with van der Waals surface area (Å²) in [6, 6.07) is 5.95. The second-order valence-corrected chi connectivity index (χ2v) is 5.69. The number of ether oxygens (including phenoxy) is 3. The minimum absolute atomic E-state index is 0. The highest BCUT2D eigenvalue weighted by Crippen LogP contribution is 2.32. The van der Waals surface area contributed by atoms with Gasteiger partial charge in [-0.15, -0.1) is 24.0 Å². The summed E-state index contributed by atoms with van der Waals surface area (Å²) in [4.78, 5) is 6.52. The zero-order chi connectivity index (χ0) is 17.2. The van der Waals surface area contributed by atoms with E-state index in [2.05, 4.69) is 27.6 Å². The van der Waals surface area contributed by atoms with Crippen LogP contribution in [0.15, 0.2) is 23.2 Å². The summed E-state index contributed by atoms with van der Waals surface area (Å²) in [5.41, 5.74) is 1.12. The smallest absolute Gasteiger partial charge is 0.231 e. The first-order chi connectivity index (χ1) is 11.7. The Morgan fingerprint density at radius 1 is 1.24 bits per heavy atom. The van der Waals surface area contributed by atoms with Crippen molar-refractivity contribution in [3.05, 3.63) is 23.8 Å². The molecule has 25 heavy (non-hydrogen) atoms. The Labute approximate surface area is 167 Å². The molecule has 142 valence electrons. The van der Waals surface area contributed by atoms with Gasteiger partial charge in [0.1, 0.15) is 0 Å². The highest BCUT2D eigenvalue weighted by atomic mass is 127. The third-order valence-electron chi connectivity index (χ3n) is 3.79. The zero-order valence-electron chi connectivity index (χ0n) is 15.2. The molecule has 0 radical (unpaired) electrons. The average Bonchev–Trinajstić information content (AvgIpc) is 3.06. The first kappa shape index (κ1) is 21.8. The first-order valence-corrected chi connectivity index (χ1v) is 8.23. The zero-order valence-corrected chi connectivity index (χ0v) is 17.5. The molecule has 7 nitrogen and oxygen atoms in total. The predicted octanol–water partition coefficient (Wildman–Crippen LogP) is 1.67. The van der Waals surface area contributed by atoms with Crippen molar-refractivity contribution < 1.29 is 14.2 Å². The fourth-order valence-electron chi connectivity index (χ4n) is 2.41. The lowest BCUT2D eigenvalue weighted by Gasteiger charge is -2.18. The van der Waals surface area contributed by atoms with Crippen LogP contribution in [0.1, 0.15) is 12.0 Å². The molecule has 0 saturated heterocycles. The van der Waals surface area contributed by atoms with Crippen LogP contribution < -0.4 is 20.1 Å². The second kappa shape index (κ2) is 12.2. The van der Waals surface area contributed by atoms with Gasteiger partial charge in [0, 0.05) is 46.9 Å². The molecule has 8 heteroatoms. The van der Waals surface area contributed by atoms with Crippen molar-refractivity contribution in [2.24, 2.45) is 4.99 Å². The van der Waals surface area contributed by atoms with E-state index >= 15 is 0 Å². The summed E-state index contributed by atoms with van der Waals surface area (Å²) in [5, 5.41) is 6.63. The maximum Gasteiger partial charge on any atom is 0.231 e. The van der Waals surface area contributed by atoms with Crippen molar-refractivity contribution in [1.82, 2.24) is 15.5 Å². The SMILES string of the molecule is CN=C(NCCN(C)CCCOC)NCc1ccc2c(c1)OCO2.I. The van der Waals surface area contributed by atoms with Crippen molar-refractivity contribution in [1.29, 1.82) is 0 Å². The Hall–Kier alpha value is -1.26. The van der Waals surface area contributed by atoms with Crippen molar-refractivity contribution in [2.45, 2.75) is 13.0 Å². The molecule has 0 aliphatic carbocycles. The molecule has 0 aromatic heterocycles. The summed E-state index contributed by atoms with van der Waals surface area (Å²) in [6.45, 7) is 4.60. The van der Waals surface area contributed by atoms with Gasteiger partial charge in [-0.2, -0.15) is 0 Å². The number of rotatable bonds is 9. The number of hydrogen-bond acceptors (Lipinski definition) is 5. The van der Waals surface area contributed by atoms with Crippen molar-refractivity contribution in [2.75, 3.05) is 54.2 Å². The van der Waals surface area contributed by atoms with Gasteiger partial charge in [0.05, 0.1) is 0 Å².